The minimum Gasteiger partial charge on any atom is -0.484 e. The maximum Gasteiger partial charge on any atom is 0.258 e. The van der Waals surface area contributed by atoms with Crippen molar-refractivity contribution in [3.8, 4) is 5.75 Å². The van der Waals surface area contributed by atoms with Gasteiger partial charge in [0.1, 0.15) is 11.6 Å². The van der Waals surface area contributed by atoms with Crippen LogP contribution in [0.1, 0.15) is 39.5 Å². The predicted octanol–water partition coefficient (Wildman–Crippen LogP) is 2.89. The minimum atomic E-state index is -0.581. The van der Waals surface area contributed by atoms with Gasteiger partial charge in [-0.2, -0.15) is 0 Å². The van der Waals surface area contributed by atoms with Gasteiger partial charge in [-0.3, -0.25) is 9.59 Å². The van der Waals surface area contributed by atoms with Crippen LogP contribution in [0.4, 0.5) is 4.39 Å². The van der Waals surface area contributed by atoms with Gasteiger partial charge in [-0.25, -0.2) is 4.39 Å². The van der Waals surface area contributed by atoms with E-state index in [1.54, 1.807) is 0 Å². The summed E-state index contributed by atoms with van der Waals surface area (Å²) in [6.45, 7) is 4.88. The molecule has 170 valence electrons. The van der Waals surface area contributed by atoms with E-state index in [0.717, 1.165) is 32.2 Å². The number of fused-ring (bicyclic) bond motifs is 2. The van der Waals surface area contributed by atoms with Gasteiger partial charge in [0.15, 0.2) is 6.61 Å². The number of rotatable bonds is 6. The number of benzene rings is 1. The summed E-state index contributed by atoms with van der Waals surface area (Å²) in [7, 11) is 0. The van der Waals surface area contributed by atoms with E-state index in [-0.39, 0.29) is 47.2 Å². The SMILES string of the molecule is CC1CC(C(=O)NC2CC(NC(=O)COc3ccc(Cl)c(F)c3)C3CC2C3)CNC1C. The Bertz CT molecular complexity index is 832. The van der Waals surface area contributed by atoms with Crippen molar-refractivity contribution in [2.45, 2.75) is 57.7 Å². The average molecular weight is 452 g/mol. The van der Waals surface area contributed by atoms with Crippen molar-refractivity contribution in [3.63, 3.8) is 0 Å². The molecule has 1 saturated heterocycles. The number of halogens is 2. The lowest BCUT2D eigenvalue weighted by molar-refractivity contribution is -0.129. The van der Waals surface area contributed by atoms with Crippen molar-refractivity contribution in [1.82, 2.24) is 16.0 Å². The third-order valence-electron chi connectivity index (χ3n) is 7.36. The maximum absolute atomic E-state index is 13.5. The molecule has 3 N–H and O–H groups in total. The topological polar surface area (TPSA) is 79.5 Å². The minimum absolute atomic E-state index is 0.00483. The number of carbonyl (C=O) groups excluding carboxylic acids is 2. The molecule has 3 saturated carbocycles. The molecule has 1 aromatic carbocycles. The molecule has 3 aliphatic carbocycles. The van der Waals surface area contributed by atoms with Gasteiger partial charge in [0.05, 0.1) is 10.9 Å². The Morgan fingerprint density at radius 2 is 1.84 bits per heavy atom. The molecule has 0 spiro atoms. The lowest BCUT2D eigenvalue weighted by Crippen LogP contribution is -2.61. The van der Waals surface area contributed by atoms with Crippen LogP contribution in [0.15, 0.2) is 18.2 Å². The van der Waals surface area contributed by atoms with Crippen LogP contribution in [0.3, 0.4) is 0 Å². The van der Waals surface area contributed by atoms with E-state index in [9.17, 15) is 14.0 Å². The van der Waals surface area contributed by atoms with Crippen LogP contribution in [0, 0.1) is 29.5 Å². The molecular weight excluding hydrogens is 421 g/mol. The zero-order valence-corrected chi connectivity index (χ0v) is 18.8. The fourth-order valence-corrected chi connectivity index (χ4v) is 5.23. The van der Waals surface area contributed by atoms with Gasteiger partial charge in [0.25, 0.3) is 5.91 Å². The zero-order chi connectivity index (χ0) is 22.1. The van der Waals surface area contributed by atoms with E-state index >= 15 is 0 Å². The third-order valence-corrected chi connectivity index (χ3v) is 7.67. The first kappa shape index (κ1) is 22.3. The van der Waals surface area contributed by atoms with E-state index in [1.807, 2.05) is 0 Å². The number of nitrogens with one attached hydrogen (secondary N) is 3. The summed E-state index contributed by atoms with van der Waals surface area (Å²) in [5.74, 6) is 1.00. The van der Waals surface area contributed by atoms with Crippen LogP contribution < -0.4 is 20.7 Å². The quantitative estimate of drug-likeness (QED) is 0.621. The van der Waals surface area contributed by atoms with Crippen LogP contribution in [0.25, 0.3) is 0 Å². The van der Waals surface area contributed by atoms with Gasteiger partial charge >= 0.3 is 0 Å². The molecule has 6 nitrogen and oxygen atoms in total. The second-order valence-electron chi connectivity index (χ2n) is 9.49. The van der Waals surface area contributed by atoms with Gasteiger partial charge < -0.3 is 20.7 Å². The van der Waals surface area contributed by atoms with Crippen molar-refractivity contribution in [1.29, 1.82) is 0 Å². The highest BCUT2D eigenvalue weighted by Gasteiger charge is 2.47. The van der Waals surface area contributed by atoms with Crippen molar-refractivity contribution in [3.05, 3.63) is 29.0 Å². The summed E-state index contributed by atoms with van der Waals surface area (Å²) in [5, 5.41) is 9.76. The molecule has 1 aliphatic heterocycles. The van der Waals surface area contributed by atoms with Gasteiger partial charge in [-0.1, -0.05) is 18.5 Å². The van der Waals surface area contributed by atoms with E-state index in [4.69, 9.17) is 16.3 Å². The summed E-state index contributed by atoms with van der Waals surface area (Å²) in [4.78, 5) is 25.2. The van der Waals surface area contributed by atoms with Crippen molar-refractivity contribution >= 4 is 23.4 Å². The van der Waals surface area contributed by atoms with Gasteiger partial charge in [0.2, 0.25) is 5.91 Å². The second kappa shape index (κ2) is 9.33. The molecule has 1 aromatic rings. The highest BCUT2D eigenvalue weighted by atomic mass is 35.5. The summed E-state index contributed by atoms with van der Waals surface area (Å²) in [6, 6.07) is 4.66. The molecule has 4 fully saturated rings. The fourth-order valence-electron chi connectivity index (χ4n) is 5.11. The van der Waals surface area contributed by atoms with Crippen LogP contribution in [-0.4, -0.2) is 43.1 Å². The van der Waals surface area contributed by atoms with Crippen LogP contribution in [-0.2, 0) is 9.59 Å². The molecule has 0 radical (unpaired) electrons. The average Bonchev–Trinajstić information content (AvgIpc) is 2.70. The molecule has 2 bridgehead atoms. The Kier molecular flexibility index (Phi) is 6.72. The number of amides is 2. The molecule has 5 unspecified atom stereocenters. The lowest BCUT2D eigenvalue weighted by Gasteiger charge is -2.51. The zero-order valence-electron chi connectivity index (χ0n) is 18.0. The van der Waals surface area contributed by atoms with Gasteiger partial charge in [-0.15, -0.1) is 0 Å². The Morgan fingerprint density at radius 1 is 1.13 bits per heavy atom. The summed E-state index contributed by atoms with van der Waals surface area (Å²) in [5.41, 5.74) is 0. The van der Waals surface area contributed by atoms with Crippen molar-refractivity contribution in [2.24, 2.45) is 23.7 Å². The Morgan fingerprint density at radius 3 is 2.52 bits per heavy atom. The first-order chi connectivity index (χ1) is 14.8. The summed E-state index contributed by atoms with van der Waals surface area (Å²) < 4.78 is 18.9. The molecule has 5 rings (SSSR count). The number of ether oxygens (including phenoxy) is 1. The lowest BCUT2D eigenvalue weighted by atomic mass is 9.60. The Hall–Kier alpha value is -1.86. The largest absolute Gasteiger partial charge is 0.484 e. The van der Waals surface area contributed by atoms with E-state index in [0.29, 0.717) is 23.8 Å². The summed E-state index contributed by atoms with van der Waals surface area (Å²) >= 11 is 5.66. The molecule has 2 amide bonds. The number of piperidine rings is 1. The molecule has 5 atom stereocenters. The molecule has 0 aromatic heterocycles. The Labute approximate surface area is 187 Å². The van der Waals surface area contributed by atoms with Crippen LogP contribution >= 0.6 is 11.6 Å². The normalized spacial score (nSPS) is 34.4. The highest BCUT2D eigenvalue weighted by molar-refractivity contribution is 6.30. The van der Waals surface area contributed by atoms with E-state index in [1.165, 1.54) is 18.2 Å². The predicted molar refractivity (Wildman–Crippen MR) is 116 cm³/mol. The van der Waals surface area contributed by atoms with E-state index in [2.05, 4.69) is 29.8 Å². The van der Waals surface area contributed by atoms with E-state index < -0.39 is 5.82 Å². The molecule has 8 heteroatoms. The standard InChI is InChI=1S/C23H31ClFN3O3/c1-12-5-16(10-26-13(12)2)23(30)28-21-9-20(14-6-15(21)7-14)27-22(29)11-31-17-3-4-18(24)19(25)8-17/h3-4,8,12-16,20-21,26H,5-7,9-11H2,1-2H3,(H,27,29)(H,28,30). The summed E-state index contributed by atoms with van der Waals surface area (Å²) in [6.07, 6.45) is 3.70. The maximum atomic E-state index is 13.5. The highest BCUT2D eigenvalue weighted by Crippen LogP contribution is 2.46. The molecule has 1 heterocycles. The molecule has 31 heavy (non-hydrogen) atoms. The first-order valence-electron chi connectivity index (χ1n) is 11.2. The smallest absolute Gasteiger partial charge is 0.258 e. The number of carbonyl (C=O) groups is 2. The van der Waals surface area contributed by atoms with Crippen molar-refractivity contribution < 1.29 is 18.7 Å². The third kappa shape index (κ3) is 5.14. The monoisotopic (exact) mass is 451 g/mol. The Balaban J connectivity index is 1.26. The molecular formula is C23H31ClFN3O3. The van der Waals surface area contributed by atoms with Crippen molar-refractivity contribution in [2.75, 3.05) is 13.2 Å². The fraction of sp³-hybridized carbons (Fsp3) is 0.652. The van der Waals surface area contributed by atoms with Gasteiger partial charge in [0, 0.05) is 30.7 Å². The van der Waals surface area contributed by atoms with Crippen LogP contribution in [0.2, 0.25) is 5.02 Å². The second-order valence-corrected chi connectivity index (χ2v) is 9.89. The number of hydrogen-bond donors (Lipinski definition) is 3. The number of hydrogen-bond acceptors (Lipinski definition) is 4. The van der Waals surface area contributed by atoms with Crippen LogP contribution in [0.5, 0.6) is 5.75 Å². The van der Waals surface area contributed by atoms with Gasteiger partial charge in [-0.05, 0) is 62.5 Å². The molecule has 4 aliphatic rings. The first-order valence-corrected chi connectivity index (χ1v) is 11.6.